The van der Waals surface area contributed by atoms with Crippen molar-refractivity contribution in [3.63, 3.8) is 0 Å². The number of esters is 1. The quantitative estimate of drug-likeness (QED) is 0.415. The molecule has 0 aliphatic rings. The van der Waals surface area contributed by atoms with Crippen molar-refractivity contribution in [2.24, 2.45) is 11.7 Å². The molecule has 2 N–H and O–H groups in total. The molecule has 6 heteroatoms. The number of carbonyl (C=O) groups excluding carboxylic acids is 1. The van der Waals surface area contributed by atoms with Crippen LogP contribution in [0.2, 0.25) is 0 Å². The van der Waals surface area contributed by atoms with Crippen molar-refractivity contribution in [1.29, 1.82) is 0 Å². The number of hydrogen-bond acceptors (Lipinski definition) is 6. The summed E-state index contributed by atoms with van der Waals surface area (Å²) in [5.74, 6) is 0.0108. The number of carbonyl (C=O) groups is 1. The van der Waals surface area contributed by atoms with Gasteiger partial charge in [-0.15, -0.1) is 0 Å². The first-order valence-electron chi connectivity index (χ1n) is 6.64. The van der Waals surface area contributed by atoms with Crippen LogP contribution < -0.4 is 5.73 Å². The number of rotatable bonds is 12. The van der Waals surface area contributed by atoms with Crippen LogP contribution in [0, 0.1) is 5.92 Å². The minimum atomic E-state index is -0.544. The van der Waals surface area contributed by atoms with Crippen molar-refractivity contribution in [1.82, 2.24) is 0 Å². The van der Waals surface area contributed by atoms with Gasteiger partial charge in [-0.2, -0.15) is 0 Å². The van der Waals surface area contributed by atoms with Crippen molar-refractivity contribution in [2.75, 3.05) is 46.8 Å². The molecule has 0 aromatic rings. The Morgan fingerprint density at radius 1 is 1.00 bits per heavy atom. The van der Waals surface area contributed by atoms with E-state index in [1.165, 1.54) is 0 Å². The van der Waals surface area contributed by atoms with E-state index in [1.54, 1.807) is 7.11 Å². The molecule has 0 aromatic carbocycles. The molecule has 0 spiro atoms. The fourth-order valence-electron chi connectivity index (χ4n) is 1.38. The molecule has 0 aromatic heterocycles. The monoisotopic (exact) mass is 277 g/mol. The Labute approximate surface area is 115 Å². The second-order valence-electron chi connectivity index (χ2n) is 4.62. The second-order valence-corrected chi connectivity index (χ2v) is 4.62. The average molecular weight is 277 g/mol. The van der Waals surface area contributed by atoms with Crippen LogP contribution in [0.5, 0.6) is 0 Å². The van der Waals surface area contributed by atoms with E-state index in [9.17, 15) is 4.79 Å². The molecule has 0 saturated heterocycles. The highest BCUT2D eigenvalue weighted by Gasteiger charge is 2.15. The Balaban J connectivity index is 3.32. The molecular weight excluding hydrogens is 250 g/mol. The highest BCUT2D eigenvalue weighted by Crippen LogP contribution is 2.03. The zero-order chi connectivity index (χ0) is 14.5. The second kappa shape index (κ2) is 12.3. The third kappa shape index (κ3) is 12.1. The highest BCUT2D eigenvalue weighted by atomic mass is 16.6. The van der Waals surface area contributed by atoms with E-state index in [-0.39, 0.29) is 12.6 Å². The average Bonchev–Trinajstić information content (AvgIpc) is 2.35. The lowest BCUT2D eigenvalue weighted by molar-refractivity contribution is -0.147. The topological polar surface area (TPSA) is 80.0 Å². The van der Waals surface area contributed by atoms with Crippen molar-refractivity contribution in [2.45, 2.75) is 26.3 Å². The van der Waals surface area contributed by atoms with Gasteiger partial charge in [-0.05, 0) is 12.3 Å². The Bertz CT molecular complexity index is 223. The first-order chi connectivity index (χ1) is 9.07. The van der Waals surface area contributed by atoms with Gasteiger partial charge in [-0.1, -0.05) is 13.8 Å². The van der Waals surface area contributed by atoms with E-state index in [1.807, 2.05) is 13.8 Å². The maximum Gasteiger partial charge on any atom is 0.322 e. The summed E-state index contributed by atoms with van der Waals surface area (Å²) in [6, 6.07) is -0.544. The molecule has 0 aliphatic heterocycles. The molecule has 0 rings (SSSR count). The summed E-state index contributed by atoms with van der Waals surface area (Å²) in [6.45, 7) is 6.71. The SMILES string of the molecule is COCCOCCOCCOC(=O)C(N)CC(C)C. The summed E-state index contributed by atoms with van der Waals surface area (Å²) in [5, 5.41) is 0. The first-order valence-corrected chi connectivity index (χ1v) is 6.64. The molecule has 0 fully saturated rings. The molecule has 1 atom stereocenters. The van der Waals surface area contributed by atoms with Crippen molar-refractivity contribution in [3.8, 4) is 0 Å². The molecule has 0 aliphatic carbocycles. The predicted molar refractivity (Wildman–Crippen MR) is 71.9 cm³/mol. The molecule has 0 saturated carbocycles. The number of hydrogen-bond donors (Lipinski definition) is 1. The third-order valence-corrected chi connectivity index (χ3v) is 2.30. The first kappa shape index (κ1) is 18.3. The lowest BCUT2D eigenvalue weighted by Crippen LogP contribution is -2.34. The van der Waals surface area contributed by atoms with Gasteiger partial charge in [0.2, 0.25) is 0 Å². The molecule has 0 amide bonds. The van der Waals surface area contributed by atoms with Gasteiger partial charge in [0.05, 0.1) is 33.0 Å². The fraction of sp³-hybridized carbons (Fsp3) is 0.923. The summed E-state index contributed by atoms with van der Waals surface area (Å²) in [7, 11) is 1.62. The minimum absolute atomic E-state index is 0.225. The third-order valence-electron chi connectivity index (χ3n) is 2.30. The van der Waals surface area contributed by atoms with Crippen LogP contribution >= 0.6 is 0 Å². The smallest absolute Gasteiger partial charge is 0.322 e. The maximum atomic E-state index is 11.4. The Hall–Kier alpha value is -0.690. The van der Waals surface area contributed by atoms with Crippen LogP contribution in [0.25, 0.3) is 0 Å². The Morgan fingerprint density at radius 3 is 2.05 bits per heavy atom. The van der Waals surface area contributed by atoms with Crippen molar-refractivity contribution < 1.29 is 23.7 Å². The standard InChI is InChI=1S/C13H27NO5/c1-11(2)10-12(14)13(15)19-9-8-18-7-6-17-5-4-16-3/h11-12H,4-10,14H2,1-3H3. The van der Waals surface area contributed by atoms with Crippen molar-refractivity contribution >= 4 is 5.97 Å². The lowest BCUT2D eigenvalue weighted by Gasteiger charge is -2.13. The molecule has 19 heavy (non-hydrogen) atoms. The summed E-state index contributed by atoms with van der Waals surface area (Å²) >= 11 is 0. The largest absolute Gasteiger partial charge is 0.462 e. The summed E-state index contributed by atoms with van der Waals surface area (Å²) < 4.78 is 20.3. The van der Waals surface area contributed by atoms with E-state index < -0.39 is 6.04 Å². The normalized spacial score (nSPS) is 12.7. The van der Waals surface area contributed by atoms with Crippen LogP contribution in [-0.4, -0.2) is 58.8 Å². The van der Waals surface area contributed by atoms with Crippen LogP contribution in [0.4, 0.5) is 0 Å². The zero-order valence-electron chi connectivity index (χ0n) is 12.2. The summed E-state index contributed by atoms with van der Waals surface area (Å²) in [6.07, 6.45) is 0.632. The van der Waals surface area contributed by atoms with E-state index in [2.05, 4.69) is 0 Å². The molecule has 1 unspecified atom stereocenters. The maximum absolute atomic E-state index is 11.4. The predicted octanol–water partition coefficient (Wildman–Crippen LogP) is 0.583. The van der Waals surface area contributed by atoms with E-state index in [0.29, 0.717) is 45.4 Å². The molecule has 0 heterocycles. The van der Waals surface area contributed by atoms with Crippen LogP contribution in [-0.2, 0) is 23.7 Å². The van der Waals surface area contributed by atoms with Crippen molar-refractivity contribution in [3.05, 3.63) is 0 Å². The zero-order valence-corrected chi connectivity index (χ0v) is 12.2. The van der Waals surface area contributed by atoms with Crippen LogP contribution in [0.1, 0.15) is 20.3 Å². The van der Waals surface area contributed by atoms with Gasteiger partial charge in [0.15, 0.2) is 0 Å². The van der Waals surface area contributed by atoms with Crippen LogP contribution in [0.3, 0.4) is 0 Å². The van der Waals surface area contributed by atoms with Gasteiger partial charge in [0.25, 0.3) is 0 Å². The van der Waals surface area contributed by atoms with Crippen LogP contribution in [0.15, 0.2) is 0 Å². The summed E-state index contributed by atoms with van der Waals surface area (Å²) in [5.41, 5.74) is 5.68. The van der Waals surface area contributed by atoms with E-state index in [0.717, 1.165) is 0 Å². The minimum Gasteiger partial charge on any atom is -0.462 e. The molecule has 114 valence electrons. The lowest BCUT2D eigenvalue weighted by atomic mass is 10.1. The van der Waals surface area contributed by atoms with E-state index in [4.69, 9.17) is 24.7 Å². The van der Waals surface area contributed by atoms with Gasteiger partial charge in [0.1, 0.15) is 12.6 Å². The summed E-state index contributed by atoms with van der Waals surface area (Å²) in [4.78, 5) is 11.4. The number of ether oxygens (including phenoxy) is 4. The molecular formula is C13H27NO5. The number of nitrogens with two attached hydrogens (primary N) is 1. The Kier molecular flexibility index (Phi) is 11.9. The van der Waals surface area contributed by atoms with Gasteiger partial charge in [-0.3, -0.25) is 4.79 Å². The number of methoxy groups -OCH3 is 1. The molecule has 0 bridgehead atoms. The van der Waals surface area contributed by atoms with Gasteiger partial charge in [0, 0.05) is 7.11 Å². The molecule has 6 nitrogen and oxygen atoms in total. The molecule has 0 radical (unpaired) electrons. The van der Waals surface area contributed by atoms with Gasteiger partial charge < -0.3 is 24.7 Å². The highest BCUT2D eigenvalue weighted by molar-refractivity contribution is 5.75. The Morgan fingerprint density at radius 2 is 1.53 bits per heavy atom. The van der Waals surface area contributed by atoms with Gasteiger partial charge >= 0.3 is 5.97 Å². The fourth-order valence-corrected chi connectivity index (χ4v) is 1.38. The van der Waals surface area contributed by atoms with E-state index >= 15 is 0 Å². The van der Waals surface area contributed by atoms with Gasteiger partial charge in [-0.25, -0.2) is 0 Å².